The molecule has 1 heterocycles. The van der Waals surface area contributed by atoms with Gasteiger partial charge in [0.1, 0.15) is 0 Å². The van der Waals surface area contributed by atoms with Gasteiger partial charge >= 0.3 is 5.97 Å². The molecule has 0 amide bonds. The number of nitrogens with zero attached hydrogens (tertiary/aromatic N) is 3. The molecule has 5 heteroatoms. The van der Waals surface area contributed by atoms with E-state index < -0.39 is 0 Å². The van der Waals surface area contributed by atoms with Crippen LogP contribution in [-0.2, 0) is 11.3 Å². The van der Waals surface area contributed by atoms with Crippen molar-refractivity contribution in [1.82, 2.24) is 15.0 Å². The van der Waals surface area contributed by atoms with Gasteiger partial charge in [0.05, 0.1) is 12.8 Å². The number of aromatic nitrogens is 3. The zero-order valence-corrected chi connectivity index (χ0v) is 10.4. The summed E-state index contributed by atoms with van der Waals surface area (Å²) in [4.78, 5) is 11.5. The van der Waals surface area contributed by atoms with E-state index in [-0.39, 0.29) is 11.4 Å². The van der Waals surface area contributed by atoms with Crippen LogP contribution in [0.3, 0.4) is 0 Å². The molecule has 16 heavy (non-hydrogen) atoms. The van der Waals surface area contributed by atoms with Crippen molar-refractivity contribution in [2.75, 3.05) is 6.61 Å². The van der Waals surface area contributed by atoms with E-state index in [0.717, 1.165) is 6.42 Å². The third kappa shape index (κ3) is 3.64. The minimum absolute atomic E-state index is 0.206. The van der Waals surface area contributed by atoms with Gasteiger partial charge in [0, 0.05) is 6.54 Å². The monoisotopic (exact) mass is 225 g/mol. The molecule has 0 saturated carbocycles. The predicted molar refractivity (Wildman–Crippen MR) is 60.1 cm³/mol. The first-order valence-electron chi connectivity index (χ1n) is 5.49. The maximum Gasteiger partial charge on any atom is 0.358 e. The van der Waals surface area contributed by atoms with Gasteiger partial charge in [-0.05, 0) is 18.8 Å². The molecule has 0 aliphatic heterocycles. The Morgan fingerprint density at radius 1 is 1.50 bits per heavy atom. The highest BCUT2D eigenvalue weighted by Gasteiger charge is 2.16. The summed E-state index contributed by atoms with van der Waals surface area (Å²) in [6.07, 6.45) is 2.38. The van der Waals surface area contributed by atoms with E-state index in [9.17, 15) is 4.79 Å². The van der Waals surface area contributed by atoms with Crippen LogP contribution in [0.25, 0.3) is 0 Å². The summed E-state index contributed by atoms with van der Waals surface area (Å²) in [5.74, 6) is -0.360. The Morgan fingerprint density at radius 3 is 2.75 bits per heavy atom. The molecule has 0 spiro atoms. The standard InChI is InChI=1S/C11H19N3O2/c1-5-16-10(15)9-8-12-13-14(9)7-6-11(2,3)4/h8H,5-7H2,1-4H3. The second-order valence-electron chi connectivity index (χ2n) is 4.87. The quantitative estimate of drug-likeness (QED) is 0.734. The fourth-order valence-electron chi connectivity index (χ4n) is 1.23. The van der Waals surface area contributed by atoms with Crippen molar-refractivity contribution >= 4 is 5.97 Å². The van der Waals surface area contributed by atoms with Crippen LogP contribution in [0.1, 0.15) is 44.6 Å². The third-order valence-corrected chi connectivity index (χ3v) is 2.18. The molecule has 0 N–H and O–H groups in total. The lowest BCUT2D eigenvalue weighted by molar-refractivity contribution is 0.0510. The number of hydrogen-bond acceptors (Lipinski definition) is 4. The van der Waals surface area contributed by atoms with Gasteiger partial charge in [-0.1, -0.05) is 26.0 Å². The second kappa shape index (κ2) is 5.09. The number of rotatable bonds is 4. The highest BCUT2D eigenvalue weighted by molar-refractivity contribution is 5.87. The van der Waals surface area contributed by atoms with Gasteiger partial charge in [0.25, 0.3) is 0 Å². The van der Waals surface area contributed by atoms with Crippen molar-refractivity contribution in [3.63, 3.8) is 0 Å². The van der Waals surface area contributed by atoms with Crippen LogP contribution in [0.2, 0.25) is 0 Å². The molecular weight excluding hydrogens is 206 g/mol. The van der Waals surface area contributed by atoms with Crippen LogP contribution in [0.5, 0.6) is 0 Å². The number of hydrogen-bond donors (Lipinski definition) is 0. The van der Waals surface area contributed by atoms with Crippen LogP contribution in [-0.4, -0.2) is 27.6 Å². The van der Waals surface area contributed by atoms with Gasteiger partial charge in [-0.2, -0.15) is 0 Å². The Morgan fingerprint density at radius 2 is 2.19 bits per heavy atom. The molecule has 1 rings (SSSR count). The molecule has 90 valence electrons. The third-order valence-electron chi connectivity index (χ3n) is 2.18. The zero-order valence-electron chi connectivity index (χ0n) is 10.4. The fraction of sp³-hybridized carbons (Fsp3) is 0.727. The van der Waals surface area contributed by atoms with Crippen molar-refractivity contribution in [3.05, 3.63) is 11.9 Å². The average molecular weight is 225 g/mol. The Balaban J connectivity index is 2.67. The molecule has 0 fully saturated rings. The van der Waals surface area contributed by atoms with E-state index in [1.54, 1.807) is 11.6 Å². The van der Waals surface area contributed by atoms with Crippen molar-refractivity contribution in [2.45, 2.75) is 40.7 Å². The van der Waals surface area contributed by atoms with Gasteiger partial charge in [0.2, 0.25) is 0 Å². The number of carbonyl (C=O) groups excluding carboxylic acids is 1. The molecule has 0 aliphatic rings. The summed E-state index contributed by atoms with van der Waals surface area (Å²) in [7, 11) is 0. The van der Waals surface area contributed by atoms with Gasteiger partial charge in [-0.3, -0.25) is 0 Å². The van der Waals surface area contributed by atoms with E-state index in [0.29, 0.717) is 18.8 Å². The van der Waals surface area contributed by atoms with Gasteiger partial charge in [-0.15, -0.1) is 5.10 Å². The van der Waals surface area contributed by atoms with Crippen LogP contribution < -0.4 is 0 Å². The molecule has 5 nitrogen and oxygen atoms in total. The van der Waals surface area contributed by atoms with Crippen LogP contribution in [0, 0.1) is 5.41 Å². The molecule has 0 unspecified atom stereocenters. The number of aryl methyl sites for hydroxylation is 1. The maximum absolute atomic E-state index is 11.5. The SMILES string of the molecule is CCOC(=O)c1cnnn1CCC(C)(C)C. The first-order valence-corrected chi connectivity index (χ1v) is 5.49. The predicted octanol–water partition coefficient (Wildman–Crippen LogP) is 1.89. The molecule has 0 bridgehead atoms. The summed E-state index contributed by atoms with van der Waals surface area (Å²) in [5.41, 5.74) is 0.629. The Bertz CT molecular complexity index is 352. The second-order valence-corrected chi connectivity index (χ2v) is 4.87. The Hall–Kier alpha value is -1.39. The molecule has 0 aromatic carbocycles. The first kappa shape index (κ1) is 12.7. The van der Waals surface area contributed by atoms with Crippen molar-refractivity contribution in [3.8, 4) is 0 Å². The average Bonchev–Trinajstić information content (AvgIpc) is 2.61. The van der Waals surface area contributed by atoms with Crippen LogP contribution >= 0.6 is 0 Å². The molecule has 1 aromatic heterocycles. The van der Waals surface area contributed by atoms with Crippen molar-refractivity contribution in [2.24, 2.45) is 5.41 Å². The number of carbonyl (C=O) groups is 1. The van der Waals surface area contributed by atoms with E-state index in [1.165, 1.54) is 6.20 Å². The fourth-order valence-corrected chi connectivity index (χ4v) is 1.23. The lowest BCUT2D eigenvalue weighted by Crippen LogP contribution is -2.17. The number of ether oxygens (including phenoxy) is 1. The largest absolute Gasteiger partial charge is 0.461 e. The van der Waals surface area contributed by atoms with Crippen LogP contribution in [0.4, 0.5) is 0 Å². The minimum atomic E-state index is -0.360. The zero-order chi connectivity index (χ0) is 12.2. The van der Waals surface area contributed by atoms with Crippen LogP contribution in [0.15, 0.2) is 6.20 Å². The Kier molecular flexibility index (Phi) is 4.04. The lowest BCUT2D eigenvalue weighted by Gasteiger charge is -2.17. The van der Waals surface area contributed by atoms with E-state index in [2.05, 4.69) is 31.1 Å². The minimum Gasteiger partial charge on any atom is -0.461 e. The molecular formula is C11H19N3O2. The smallest absolute Gasteiger partial charge is 0.358 e. The summed E-state index contributed by atoms with van der Waals surface area (Å²) >= 11 is 0. The topological polar surface area (TPSA) is 57.0 Å². The van der Waals surface area contributed by atoms with Gasteiger partial charge in [0.15, 0.2) is 5.69 Å². The molecule has 0 saturated heterocycles. The summed E-state index contributed by atoms with van der Waals surface area (Å²) in [5, 5.41) is 7.63. The van der Waals surface area contributed by atoms with E-state index in [1.807, 2.05) is 0 Å². The molecule has 0 atom stereocenters. The van der Waals surface area contributed by atoms with Crippen molar-refractivity contribution in [1.29, 1.82) is 0 Å². The first-order chi connectivity index (χ1) is 7.44. The summed E-state index contributed by atoms with van der Waals surface area (Å²) < 4.78 is 6.52. The van der Waals surface area contributed by atoms with E-state index in [4.69, 9.17) is 4.74 Å². The lowest BCUT2D eigenvalue weighted by atomic mass is 9.92. The Labute approximate surface area is 95.8 Å². The number of esters is 1. The van der Waals surface area contributed by atoms with Gasteiger partial charge in [-0.25, -0.2) is 9.48 Å². The summed E-state index contributed by atoms with van der Waals surface area (Å²) in [6.45, 7) is 9.26. The maximum atomic E-state index is 11.5. The van der Waals surface area contributed by atoms with Gasteiger partial charge < -0.3 is 4.74 Å². The molecule has 1 aromatic rings. The normalized spacial score (nSPS) is 11.5. The summed E-state index contributed by atoms with van der Waals surface area (Å²) in [6, 6.07) is 0. The molecule has 0 radical (unpaired) electrons. The highest BCUT2D eigenvalue weighted by atomic mass is 16.5. The van der Waals surface area contributed by atoms with Crippen molar-refractivity contribution < 1.29 is 9.53 Å². The molecule has 0 aliphatic carbocycles. The highest BCUT2D eigenvalue weighted by Crippen LogP contribution is 2.19. The van der Waals surface area contributed by atoms with E-state index >= 15 is 0 Å².